The molecule has 142 valence electrons. The van der Waals surface area contributed by atoms with Crippen molar-refractivity contribution in [2.45, 2.75) is 56.5 Å². The quantitative estimate of drug-likeness (QED) is 0.293. The summed E-state index contributed by atoms with van der Waals surface area (Å²) in [7, 11) is 1.15. The molecule has 2 rings (SSSR count). The number of esters is 1. The Morgan fingerprint density at radius 1 is 1.36 bits per heavy atom. The molecule has 2 atom stereocenters. The molecule has 25 heavy (non-hydrogen) atoms. The molecule has 2 aliphatic rings. The Morgan fingerprint density at radius 2 is 2.00 bits per heavy atom. The van der Waals surface area contributed by atoms with E-state index in [1.807, 2.05) is 0 Å². The zero-order valence-corrected chi connectivity index (χ0v) is 15.5. The molecule has 0 radical (unpaired) electrons. The molecule has 2 fully saturated rings. The Kier molecular flexibility index (Phi) is 6.51. The fraction of sp³-hybridized carbons (Fsp3) is 0.824. The largest absolute Gasteiger partial charge is 0.481 e. The van der Waals surface area contributed by atoms with Gasteiger partial charge >= 0.3 is 11.9 Å². The van der Waals surface area contributed by atoms with Crippen LogP contribution in [0.4, 0.5) is 0 Å². The summed E-state index contributed by atoms with van der Waals surface area (Å²) in [6.07, 6.45) is 6.95. The topological polar surface area (TPSA) is 133 Å². The third kappa shape index (κ3) is 4.54. The lowest BCUT2D eigenvalue weighted by molar-refractivity contribution is -0.151. The number of hydrogen-bond donors (Lipinski definition) is 3. The summed E-state index contributed by atoms with van der Waals surface area (Å²) in [5, 5.41) is 8.79. The highest BCUT2D eigenvalue weighted by atomic mass is 32.2. The van der Waals surface area contributed by atoms with Crippen LogP contribution in [0, 0.1) is 11.3 Å². The molecule has 0 aliphatic heterocycles. The molecule has 8 heteroatoms. The first kappa shape index (κ1) is 20.2. The lowest BCUT2D eigenvalue weighted by atomic mass is 9.82. The molecule has 0 heterocycles. The van der Waals surface area contributed by atoms with E-state index < -0.39 is 35.7 Å². The number of carbonyl (C=O) groups is 3. The average molecular weight is 372 g/mol. The highest BCUT2D eigenvalue weighted by molar-refractivity contribution is 7.99. The Labute approximate surface area is 152 Å². The smallest absolute Gasteiger partial charge is 0.334 e. The van der Waals surface area contributed by atoms with Gasteiger partial charge in [-0.25, -0.2) is 4.79 Å². The van der Waals surface area contributed by atoms with Crippen LogP contribution in [0.5, 0.6) is 0 Å². The molecule has 0 aromatic heterocycles. The van der Waals surface area contributed by atoms with Gasteiger partial charge in [0.15, 0.2) is 11.3 Å². The van der Waals surface area contributed by atoms with Gasteiger partial charge < -0.3 is 21.3 Å². The zero-order valence-electron chi connectivity index (χ0n) is 14.7. The first-order valence-electron chi connectivity index (χ1n) is 8.69. The standard InChI is InChI=1S/C17H28N2O5S/c1-24-15(23)17(19,14(22)12(18)8-13(20)21)10-25-7-6-16-4-2-11(9-16)3-5-16/h11-12H,2-10,18-19H2,1H3,(H,20,21)/t11?,12-,16?,17+/m0/s1. The normalized spacial score (nSPS) is 28.4. The molecule has 0 spiro atoms. The molecule has 0 amide bonds. The van der Waals surface area contributed by atoms with Gasteiger partial charge in [-0.3, -0.25) is 9.59 Å². The Bertz CT molecular complexity index is 533. The Hall–Kier alpha value is -1.12. The molecule has 0 aromatic rings. The van der Waals surface area contributed by atoms with Crippen LogP contribution < -0.4 is 11.5 Å². The van der Waals surface area contributed by atoms with Crippen LogP contribution in [-0.2, 0) is 19.1 Å². The number of rotatable bonds is 10. The monoisotopic (exact) mass is 372 g/mol. The number of ketones is 1. The average Bonchev–Trinajstić information content (AvgIpc) is 3.17. The fourth-order valence-electron chi connectivity index (χ4n) is 4.21. The van der Waals surface area contributed by atoms with Gasteiger partial charge in [-0.15, -0.1) is 0 Å². The third-order valence-corrected chi connectivity index (χ3v) is 6.87. The number of ether oxygens (including phenoxy) is 1. The van der Waals surface area contributed by atoms with E-state index in [1.54, 1.807) is 0 Å². The van der Waals surface area contributed by atoms with Gasteiger partial charge in [-0.1, -0.05) is 0 Å². The molecular weight excluding hydrogens is 344 g/mol. The van der Waals surface area contributed by atoms with Crippen molar-refractivity contribution in [1.82, 2.24) is 0 Å². The van der Waals surface area contributed by atoms with Gasteiger partial charge in [0.1, 0.15) is 0 Å². The lowest BCUT2D eigenvalue weighted by Crippen LogP contribution is -2.62. The molecule has 7 nitrogen and oxygen atoms in total. The van der Waals surface area contributed by atoms with Crippen LogP contribution in [0.2, 0.25) is 0 Å². The maximum absolute atomic E-state index is 12.4. The van der Waals surface area contributed by atoms with Gasteiger partial charge in [0.25, 0.3) is 0 Å². The summed E-state index contributed by atoms with van der Waals surface area (Å²) < 4.78 is 4.67. The van der Waals surface area contributed by atoms with E-state index in [4.69, 9.17) is 16.6 Å². The van der Waals surface area contributed by atoms with E-state index in [2.05, 4.69) is 4.74 Å². The van der Waals surface area contributed by atoms with Crippen molar-refractivity contribution in [3.8, 4) is 0 Å². The number of methoxy groups -OCH3 is 1. The number of carbonyl (C=O) groups excluding carboxylic acids is 2. The minimum atomic E-state index is -1.90. The van der Waals surface area contributed by atoms with Crippen molar-refractivity contribution in [1.29, 1.82) is 0 Å². The number of thioether (sulfide) groups is 1. The van der Waals surface area contributed by atoms with Crippen molar-refractivity contribution < 1.29 is 24.2 Å². The van der Waals surface area contributed by atoms with Crippen LogP contribution >= 0.6 is 11.8 Å². The van der Waals surface area contributed by atoms with Crippen molar-refractivity contribution >= 4 is 29.5 Å². The number of Topliss-reactive ketones (excluding diaryl/α,β-unsaturated/α-hetero) is 1. The molecule has 0 unspecified atom stereocenters. The van der Waals surface area contributed by atoms with Crippen molar-refractivity contribution in [3.63, 3.8) is 0 Å². The van der Waals surface area contributed by atoms with Crippen LogP contribution in [-0.4, -0.2) is 53.0 Å². The first-order valence-corrected chi connectivity index (χ1v) is 9.85. The second-order valence-electron chi connectivity index (χ2n) is 7.48. The van der Waals surface area contributed by atoms with Crippen molar-refractivity contribution in [2.24, 2.45) is 22.8 Å². The summed E-state index contributed by atoms with van der Waals surface area (Å²) in [6.45, 7) is 0. The van der Waals surface area contributed by atoms with Gasteiger partial charge in [0.05, 0.1) is 19.6 Å². The maximum Gasteiger partial charge on any atom is 0.334 e. The maximum atomic E-state index is 12.4. The fourth-order valence-corrected chi connectivity index (χ4v) is 5.51. The molecular formula is C17H28N2O5S. The Balaban J connectivity index is 1.91. The molecule has 0 aromatic carbocycles. The number of fused-ring (bicyclic) bond motifs is 2. The second-order valence-corrected chi connectivity index (χ2v) is 8.59. The van der Waals surface area contributed by atoms with Crippen LogP contribution in [0.25, 0.3) is 0 Å². The van der Waals surface area contributed by atoms with E-state index in [1.165, 1.54) is 43.9 Å². The number of aliphatic carboxylic acids is 1. The van der Waals surface area contributed by atoms with E-state index in [0.29, 0.717) is 5.41 Å². The van der Waals surface area contributed by atoms with Gasteiger partial charge in [-0.2, -0.15) is 11.8 Å². The molecule has 2 aliphatic carbocycles. The van der Waals surface area contributed by atoms with Crippen molar-refractivity contribution in [2.75, 3.05) is 18.6 Å². The first-order chi connectivity index (χ1) is 11.7. The lowest BCUT2D eigenvalue weighted by Gasteiger charge is -2.29. The summed E-state index contributed by atoms with van der Waals surface area (Å²) in [4.78, 5) is 35.3. The number of nitrogens with two attached hydrogens (primary N) is 2. The molecule has 0 saturated heterocycles. The highest BCUT2D eigenvalue weighted by Gasteiger charge is 2.47. The summed E-state index contributed by atoms with van der Waals surface area (Å²) in [6, 6.07) is -1.33. The van der Waals surface area contributed by atoms with E-state index in [0.717, 1.165) is 25.2 Å². The van der Waals surface area contributed by atoms with E-state index >= 15 is 0 Å². The third-order valence-electron chi connectivity index (χ3n) is 5.71. The number of carboxylic acid groups (broad SMARTS) is 1. The zero-order chi connectivity index (χ0) is 18.7. The highest BCUT2D eigenvalue weighted by Crippen LogP contribution is 2.56. The van der Waals surface area contributed by atoms with Crippen molar-refractivity contribution in [3.05, 3.63) is 0 Å². The van der Waals surface area contributed by atoms with E-state index in [-0.39, 0.29) is 5.75 Å². The SMILES string of the molecule is COC(=O)[C@@](N)(CSCCC12CCC(CC1)C2)C(=O)[C@@H](N)CC(=O)O. The molecule has 2 bridgehead atoms. The minimum absolute atomic E-state index is 0.0470. The molecule has 5 N–H and O–H groups in total. The number of hydrogen-bond acceptors (Lipinski definition) is 7. The van der Waals surface area contributed by atoms with Crippen LogP contribution in [0.1, 0.15) is 44.9 Å². The van der Waals surface area contributed by atoms with Gasteiger partial charge in [0, 0.05) is 5.75 Å². The minimum Gasteiger partial charge on any atom is -0.481 e. The van der Waals surface area contributed by atoms with Gasteiger partial charge in [0.2, 0.25) is 0 Å². The molecule has 2 saturated carbocycles. The predicted molar refractivity (Wildman–Crippen MR) is 95.1 cm³/mol. The second kappa shape index (κ2) is 8.05. The van der Waals surface area contributed by atoms with Gasteiger partial charge in [-0.05, 0) is 55.6 Å². The summed E-state index contributed by atoms with van der Waals surface area (Å²) >= 11 is 1.44. The Morgan fingerprint density at radius 3 is 2.48 bits per heavy atom. The summed E-state index contributed by atoms with van der Waals surface area (Å²) in [5.41, 5.74) is 10.2. The van der Waals surface area contributed by atoms with E-state index in [9.17, 15) is 14.4 Å². The summed E-state index contributed by atoms with van der Waals surface area (Å²) in [5.74, 6) is -1.13. The van der Waals surface area contributed by atoms with Crippen LogP contribution in [0.15, 0.2) is 0 Å². The number of carboxylic acids is 1. The van der Waals surface area contributed by atoms with Crippen LogP contribution in [0.3, 0.4) is 0 Å². The predicted octanol–water partition coefficient (Wildman–Crippen LogP) is 0.932.